The molecule has 0 spiro atoms. The van der Waals surface area contributed by atoms with Gasteiger partial charge in [0.15, 0.2) is 0 Å². The largest absolute Gasteiger partial charge is 0.507 e. The van der Waals surface area contributed by atoms with Crippen LogP contribution in [0.2, 0.25) is 5.02 Å². The molecule has 0 atom stereocenters. The predicted molar refractivity (Wildman–Crippen MR) is 46.5 cm³/mol. The van der Waals surface area contributed by atoms with Crippen molar-refractivity contribution in [2.75, 3.05) is 0 Å². The Labute approximate surface area is 75.6 Å². The lowest BCUT2D eigenvalue weighted by Gasteiger charge is -2.06. The number of aryl methyl sites for hydroxylation is 1. The number of hydrogen-bond acceptors (Lipinski definition) is 3. The molecule has 0 aliphatic heterocycles. The molecule has 1 aromatic carbocycles. The van der Waals surface area contributed by atoms with Crippen LogP contribution in [0.4, 0.5) is 0 Å². The Morgan fingerprint density at radius 1 is 1.50 bits per heavy atom. The third-order valence-corrected chi connectivity index (χ3v) is 1.83. The molecule has 3 N–H and O–H groups in total. The fourth-order valence-corrected chi connectivity index (χ4v) is 1.32. The van der Waals surface area contributed by atoms with Crippen LogP contribution in [-0.2, 0) is 6.54 Å². The van der Waals surface area contributed by atoms with Crippen LogP contribution >= 0.6 is 11.6 Å². The molecule has 0 aliphatic carbocycles. The fraction of sp³-hybridized carbons (Fsp3) is 0.250. The molecule has 0 aliphatic rings. The Morgan fingerprint density at radius 3 is 2.75 bits per heavy atom. The highest BCUT2D eigenvalue weighted by atomic mass is 35.5. The molecule has 0 amide bonds. The number of hydrogen-bond donors (Lipinski definition) is 3. The number of halogens is 1. The van der Waals surface area contributed by atoms with Crippen LogP contribution in [0.1, 0.15) is 11.1 Å². The lowest BCUT2D eigenvalue weighted by Crippen LogP contribution is -2.06. The number of benzene rings is 1. The minimum Gasteiger partial charge on any atom is -0.507 e. The van der Waals surface area contributed by atoms with Gasteiger partial charge in [-0.1, -0.05) is 11.6 Å². The van der Waals surface area contributed by atoms with E-state index in [1.807, 2.05) is 5.48 Å². The van der Waals surface area contributed by atoms with Crippen molar-refractivity contribution in [3.05, 3.63) is 28.3 Å². The van der Waals surface area contributed by atoms with E-state index >= 15 is 0 Å². The average Bonchev–Trinajstić information content (AvgIpc) is 2.00. The lowest BCUT2D eigenvalue weighted by atomic mass is 10.1. The van der Waals surface area contributed by atoms with E-state index in [-0.39, 0.29) is 12.3 Å². The summed E-state index contributed by atoms with van der Waals surface area (Å²) in [5.41, 5.74) is 3.25. The molecule has 0 aromatic heterocycles. The van der Waals surface area contributed by atoms with Gasteiger partial charge in [-0.05, 0) is 24.6 Å². The molecule has 0 bridgehead atoms. The van der Waals surface area contributed by atoms with Crippen LogP contribution in [0.15, 0.2) is 12.1 Å². The Balaban J connectivity index is 3.09. The van der Waals surface area contributed by atoms with E-state index in [1.165, 1.54) is 0 Å². The molecule has 0 unspecified atom stereocenters. The monoisotopic (exact) mass is 187 g/mol. The molecule has 12 heavy (non-hydrogen) atoms. The molecule has 0 fully saturated rings. The van der Waals surface area contributed by atoms with E-state index in [1.54, 1.807) is 19.1 Å². The first-order valence-electron chi connectivity index (χ1n) is 3.50. The van der Waals surface area contributed by atoms with Gasteiger partial charge < -0.3 is 10.3 Å². The molecule has 1 aromatic rings. The number of phenolic OH excluding ortho intramolecular Hbond substituents is 1. The van der Waals surface area contributed by atoms with Crippen LogP contribution in [0.5, 0.6) is 5.75 Å². The first kappa shape index (κ1) is 9.32. The average molecular weight is 188 g/mol. The number of nitrogens with one attached hydrogen (secondary N) is 1. The Morgan fingerprint density at radius 2 is 2.17 bits per heavy atom. The van der Waals surface area contributed by atoms with E-state index < -0.39 is 0 Å². The quantitative estimate of drug-likeness (QED) is 0.620. The summed E-state index contributed by atoms with van der Waals surface area (Å²) in [6, 6.07) is 3.27. The summed E-state index contributed by atoms with van der Waals surface area (Å²) in [4.78, 5) is 0. The Hall–Kier alpha value is -0.770. The normalized spacial score (nSPS) is 10.2. The van der Waals surface area contributed by atoms with Crippen molar-refractivity contribution in [2.45, 2.75) is 13.5 Å². The molecule has 0 saturated heterocycles. The Kier molecular flexibility index (Phi) is 2.92. The molecule has 0 radical (unpaired) electrons. The van der Waals surface area contributed by atoms with Gasteiger partial charge in [0, 0.05) is 17.1 Å². The highest BCUT2D eigenvalue weighted by Gasteiger charge is 2.04. The van der Waals surface area contributed by atoms with Gasteiger partial charge in [0.05, 0.1) is 0 Å². The highest BCUT2D eigenvalue weighted by Crippen LogP contribution is 2.25. The summed E-state index contributed by atoms with van der Waals surface area (Å²) < 4.78 is 0. The Bertz CT molecular complexity index is 289. The SMILES string of the molecule is Cc1cc(Cl)cc(CNO)c1O. The van der Waals surface area contributed by atoms with Crippen LogP contribution < -0.4 is 5.48 Å². The molecule has 0 saturated carbocycles. The van der Waals surface area contributed by atoms with Gasteiger partial charge in [-0.3, -0.25) is 0 Å². The van der Waals surface area contributed by atoms with Crippen molar-refractivity contribution in [1.82, 2.24) is 5.48 Å². The molecule has 4 heteroatoms. The van der Waals surface area contributed by atoms with E-state index in [2.05, 4.69) is 0 Å². The van der Waals surface area contributed by atoms with Gasteiger partial charge in [0.25, 0.3) is 0 Å². The summed E-state index contributed by atoms with van der Waals surface area (Å²) in [5, 5.41) is 18.4. The summed E-state index contributed by atoms with van der Waals surface area (Å²) >= 11 is 5.74. The van der Waals surface area contributed by atoms with Gasteiger partial charge in [0.1, 0.15) is 5.75 Å². The minimum atomic E-state index is 0.168. The third kappa shape index (κ3) is 1.88. The maximum atomic E-state index is 9.44. The lowest BCUT2D eigenvalue weighted by molar-refractivity contribution is 0.160. The topological polar surface area (TPSA) is 52.5 Å². The first-order valence-corrected chi connectivity index (χ1v) is 3.88. The van der Waals surface area contributed by atoms with E-state index in [9.17, 15) is 5.11 Å². The summed E-state index contributed by atoms with van der Waals surface area (Å²) in [6.07, 6.45) is 0. The zero-order chi connectivity index (χ0) is 9.14. The van der Waals surface area contributed by atoms with E-state index in [4.69, 9.17) is 16.8 Å². The van der Waals surface area contributed by atoms with E-state index in [0.29, 0.717) is 16.1 Å². The zero-order valence-corrected chi connectivity index (χ0v) is 7.39. The minimum absolute atomic E-state index is 0.168. The second kappa shape index (κ2) is 3.76. The predicted octanol–water partition coefficient (Wildman–Crippen LogP) is 1.83. The summed E-state index contributed by atoms with van der Waals surface area (Å²) in [5.74, 6) is 0.168. The maximum Gasteiger partial charge on any atom is 0.123 e. The molecule has 3 nitrogen and oxygen atoms in total. The zero-order valence-electron chi connectivity index (χ0n) is 6.63. The van der Waals surface area contributed by atoms with Crippen molar-refractivity contribution in [3.63, 3.8) is 0 Å². The number of rotatable bonds is 2. The van der Waals surface area contributed by atoms with E-state index in [0.717, 1.165) is 0 Å². The second-order valence-corrected chi connectivity index (χ2v) is 3.00. The summed E-state index contributed by atoms with van der Waals surface area (Å²) in [7, 11) is 0. The van der Waals surface area contributed by atoms with Crippen molar-refractivity contribution in [1.29, 1.82) is 0 Å². The van der Waals surface area contributed by atoms with Crippen LogP contribution in [-0.4, -0.2) is 10.3 Å². The fourth-order valence-electron chi connectivity index (χ4n) is 1.02. The van der Waals surface area contributed by atoms with Gasteiger partial charge in [-0.15, -0.1) is 0 Å². The van der Waals surface area contributed by atoms with Crippen molar-refractivity contribution >= 4 is 11.6 Å². The van der Waals surface area contributed by atoms with Crippen LogP contribution in [0.25, 0.3) is 0 Å². The molecule has 1 rings (SSSR count). The van der Waals surface area contributed by atoms with Gasteiger partial charge in [0.2, 0.25) is 0 Å². The highest BCUT2D eigenvalue weighted by molar-refractivity contribution is 6.30. The molecular weight excluding hydrogens is 178 g/mol. The van der Waals surface area contributed by atoms with Crippen molar-refractivity contribution in [2.24, 2.45) is 0 Å². The number of phenols is 1. The van der Waals surface area contributed by atoms with Crippen molar-refractivity contribution in [3.8, 4) is 5.75 Å². The smallest absolute Gasteiger partial charge is 0.123 e. The number of aromatic hydroxyl groups is 1. The molecular formula is C8H10ClNO2. The summed E-state index contributed by atoms with van der Waals surface area (Å²) in [6.45, 7) is 1.94. The maximum absolute atomic E-state index is 9.44. The van der Waals surface area contributed by atoms with Gasteiger partial charge in [-0.25, -0.2) is 5.48 Å². The number of hydroxylamine groups is 1. The van der Waals surface area contributed by atoms with Crippen LogP contribution in [0.3, 0.4) is 0 Å². The second-order valence-electron chi connectivity index (χ2n) is 2.57. The van der Waals surface area contributed by atoms with Crippen molar-refractivity contribution < 1.29 is 10.3 Å². The first-order chi connectivity index (χ1) is 5.65. The molecule has 0 heterocycles. The van der Waals surface area contributed by atoms with Gasteiger partial charge >= 0.3 is 0 Å². The molecule has 66 valence electrons. The third-order valence-electron chi connectivity index (χ3n) is 1.61. The van der Waals surface area contributed by atoms with Crippen LogP contribution in [0, 0.1) is 6.92 Å². The standard InChI is InChI=1S/C8H10ClNO2/c1-5-2-7(9)3-6(4-10-12)8(5)11/h2-3,10-12H,4H2,1H3. The van der Waals surface area contributed by atoms with Gasteiger partial charge in [-0.2, -0.15) is 0 Å².